The quantitative estimate of drug-likeness (QED) is 0.472. The van der Waals surface area contributed by atoms with Gasteiger partial charge >= 0.3 is 7.82 Å². The van der Waals surface area contributed by atoms with Gasteiger partial charge in [-0.2, -0.15) is 0 Å². The van der Waals surface area contributed by atoms with Gasteiger partial charge in [0.1, 0.15) is 0 Å². The lowest BCUT2D eigenvalue weighted by Gasteiger charge is -1.87. The van der Waals surface area contributed by atoms with Crippen molar-refractivity contribution in [3.63, 3.8) is 0 Å². The van der Waals surface area contributed by atoms with Crippen LogP contribution in [-0.2, 0) is 9.29 Å². The monoisotopic (exact) mass is 116 g/mol. The van der Waals surface area contributed by atoms with Crippen molar-refractivity contribution in [2.75, 3.05) is 0 Å². The van der Waals surface area contributed by atoms with E-state index in [0.29, 0.717) is 0 Å². The first-order valence-corrected chi connectivity index (χ1v) is 2.45. The molecule has 0 aliphatic heterocycles. The van der Waals surface area contributed by atoms with Gasteiger partial charge in [-0.15, -0.1) is 0 Å². The van der Waals surface area contributed by atoms with Crippen LogP contribution in [0.25, 0.3) is 0 Å². The van der Waals surface area contributed by atoms with Crippen molar-refractivity contribution in [1.29, 1.82) is 0 Å². The first-order valence-electron chi connectivity index (χ1n) is 0.919. The molecule has 0 unspecified atom stereocenters. The van der Waals surface area contributed by atoms with Crippen LogP contribution >= 0.6 is 7.82 Å². The van der Waals surface area contributed by atoms with Crippen LogP contribution in [0.15, 0.2) is 0 Å². The second-order valence-corrected chi connectivity index (χ2v) is 1.68. The number of rotatable bonds is 1. The maximum absolute atomic E-state index is 10.2. The molecular weight excluding hydrogens is 114 g/mol. The fourth-order valence-electron chi connectivity index (χ4n) is 0. The minimum Gasteiger partial charge on any atom is -0.301 e. The predicted octanol–water partition coefficient (Wildman–Crippen LogP) is -0.0198. The molecule has 6 heavy (non-hydrogen) atoms. The number of hydrogen-bond donors (Lipinski definition) is 2. The maximum atomic E-state index is 10.2. The normalized spacial score (nSPS) is 11.8. The molecule has 0 spiro atoms. The molecule has 0 fully saturated rings. The molecule has 0 aromatic carbocycles. The molecule has 0 aliphatic carbocycles. The highest BCUT2D eigenvalue weighted by atomic mass is 31.2. The highest BCUT2D eigenvalue weighted by Gasteiger charge is 2.12. The van der Waals surface area contributed by atoms with Gasteiger partial charge in [-0.25, -0.2) is 4.57 Å². The predicted molar refractivity (Wildman–Crippen MR) is 14.2 cm³/mol. The molecule has 4 nitrogen and oxygen atoms in total. The Balaban J connectivity index is 3.48. The molecule has 0 amide bonds. The largest absolute Gasteiger partial charge is 0.500 e. The van der Waals surface area contributed by atoms with Gasteiger partial charge in [-0.05, 0) is 4.53 Å². The molecule has 0 aromatic rings. The van der Waals surface area contributed by atoms with Gasteiger partial charge in [0.25, 0.3) is 0 Å². The van der Waals surface area contributed by atoms with Gasteiger partial charge in [-0.3, -0.25) is 0 Å². The summed E-state index contributed by atoms with van der Waals surface area (Å²) in [6.45, 7) is 0. The van der Waals surface area contributed by atoms with E-state index < -0.39 is 7.82 Å². The van der Waals surface area contributed by atoms with Crippen LogP contribution in [0, 0.1) is 0 Å². The number of hydrogen-bond acceptors (Lipinski definition) is 2. The van der Waals surface area contributed by atoms with Gasteiger partial charge in [0.05, 0.1) is 0 Å². The Hall–Kier alpha value is 0.0400. The summed E-state index contributed by atoms with van der Waals surface area (Å²) >= 11 is 0. The van der Waals surface area contributed by atoms with Gasteiger partial charge in [-0.1, -0.05) is 4.73 Å². The molecule has 0 heterocycles. The van der Waals surface area contributed by atoms with E-state index in [4.69, 9.17) is 14.4 Å². The van der Waals surface area contributed by atoms with E-state index in [1.54, 1.807) is 0 Å². The van der Waals surface area contributed by atoms with Crippen LogP contribution < -0.4 is 0 Å². The van der Waals surface area contributed by atoms with E-state index in [9.17, 15) is 4.53 Å². The Bertz CT molecular complexity index is 71.6. The Morgan fingerprint density at radius 2 is 1.83 bits per heavy atom. The Labute approximate surface area is 32.7 Å². The number of phosphoric acid groups is 1. The van der Waals surface area contributed by atoms with Gasteiger partial charge in [0.2, 0.25) is 0 Å². The lowest BCUT2D eigenvalue weighted by atomic mass is 15.6. The minimum absolute atomic E-state index is 2.10. The average molecular weight is 116 g/mol. The Morgan fingerprint density at radius 1 is 1.67 bits per heavy atom. The first kappa shape index (κ1) is 6.04. The third-order valence-corrected chi connectivity index (χ3v) is 0.270. The summed E-state index contributed by atoms with van der Waals surface area (Å²) in [5.74, 6) is 0. The van der Waals surface area contributed by atoms with Crippen molar-refractivity contribution >= 4 is 7.82 Å². The summed E-state index contributed by atoms with van der Waals surface area (Å²) in [6.07, 6.45) is 0. The third-order valence-electron chi connectivity index (χ3n) is 0.0899. The molecule has 0 atom stereocenters. The van der Waals surface area contributed by atoms with E-state index in [0.717, 1.165) is 0 Å². The van der Waals surface area contributed by atoms with Crippen molar-refractivity contribution in [3.8, 4) is 0 Å². The first-order chi connectivity index (χ1) is 2.56. The molecule has 0 rings (SSSR count). The molecule has 0 aromatic heterocycles. The van der Waals surface area contributed by atoms with E-state index in [-0.39, 0.29) is 0 Å². The highest BCUT2D eigenvalue weighted by Crippen LogP contribution is 2.35. The minimum atomic E-state index is -4.81. The summed E-state index contributed by atoms with van der Waals surface area (Å²) in [5.41, 5.74) is 0. The van der Waals surface area contributed by atoms with Crippen LogP contribution in [0.5, 0.6) is 0 Å². The molecule has 38 valence electrons. The van der Waals surface area contributed by atoms with E-state index in [1.807, 2.05) is 0 Å². The number of halogens is 1. The molecule has 2 N–H and O–H groups in total. The Kier molecular flexibility index (Phi) is 1.67. The van der Waals surface area contributed by atoms with Crippen molar-refractivity contribution < 1.29 is 23.6 Å². The van der Waals surface area contributed by atoms with Crippen LogP contribution in [0.1, 0.15) is 0 Å². The molecule has 0 radical (unpaired) electrons. The van der Waals surface area contributed by atoms with Crippen molar-refractivity contribution in [1.82, 2.24) is 0 Å². The second-order valence-electron chi connectivity index (χ2n) is 0.560. The van der Waals surface area contributed by atoms with Gasteiger partial charge < -0.3 is 9.79 Å². The molecule has 0 saturated carbocycles. The summed E-state index contributed by atoms with van der Waals surface area (Å²) in [7, 11) is -4.81. The Morgan fingerprint density at radius 3 is 1.83 bits per heavy atom. The molecule has 6 heteroatoms. The molecule has 0 aliphatic rings. The fraction of sp³-hybridized carbons (Fsp3) is 0. The lowest BCUT2D eigenvalue weighted by molar-refractivity contribution is -0.0389. The summed E-state index contributed by atoms with van der Waals surface area (Å²) in [4.78, 5) is 14.7. The third kappa shape index (κ3) is 4.04. The van der Waals surface area contributed by atoms with Crippen molar-refractivity contribution in [2.24, 2.45) is 0 Å². The van der Waals surface area contributed by atoms with E-state index in [1.165, 1.54) is 0 Å². The summed E-state index contributed by atoms with van der Waals surface area (Å²) in [6, 6.07) is 0. The highest BCUT2D eigenvalue weighted by molar-refractivity contribution is 7.46. The summed E-state index contributed by atoms with van der Waals surface area (Å²) < 4.78 is 21.4. The van der Waals surface area contributed by atoms with Crippen molar-refractivity contribution in [3.05, 3.63) is 0 Å². The standard InChI is InChI=1S/FH2O4P/c1-5-6(2,3)4/h(H2,2,3,4). The van der Waals surface area contributed by atoms with E-state index >= 15 is 0 Å². The zero-order valence-corrected chi connectivity index (χ0v) is 3.43. The van der Waals surface area contributed by atoms with Gasteiger partial charge in [0, 0.05) is 0 Å². The zero-order chi connectivity index (χ0) is 5.21. The topological polar surface area (TPSA) is 66.8 Å². The second kappa shape index (κ2) is 1.66. The fourth-order valence-corrected chi connectivity index (χ4v) is 0. The van der Waals surface area contributed by atoms with Crippen molar-refractivity contribution in [2.45, 2.75) is 0 Å². The molecular formula is H2FO4P. The van der Waals surface area contributed by atoms with Crippen LogP contribution in [0.2, 0.25) is 0 Å². The van der Waals surface area contributed by atoms with Gasteiger partial charge in [0.15, 0.2) is 0 Å². The maximum Gasteiger partial charge on any atom is 0.500 e. The van der Waals surface area contributed by atoms with Crippen LogP contribution in [-0.4, -0.2) is 9.79 Å². The lowest BCUT2D eigenvalue weighted by Crippen LogP contribution is -1.71. The average Bonchev–Trinajstić information content (AvgIpc) is 1.35. The summed E-state index contributed by atoms with van der Waals surface area (Å²) in [5, 5.41) is 0. The zero-order valence-electron chi connectivity index (χ0n) is 2.54. The smallest absolute Gasteiger partial charge is 0.301 e. The SMILES string of the molecule is O=P(O)(O)OF. The van der Waals surface area contributed by atoms with Crippen LogP contribution in [0.4, 0.5) is 4.53 Å². The molecule has 0 saturated heterocycles. The van der Waals surface area contributed by atoms with Crippen LogP contribution in [0.3, 0.4) is 0 Å². The van der Waals surface area contributed by atoms with E-state index in [2.05, 4.69) is 4.73 Å². The molecule has 0 bridgehead atoms.